The monoisotopic (exact) mass is 382 g/mol. The second kappa shape index (κ2) is 11.8. The van der Waals surface area contributed by atoms with Crippen molar-refractivity contribution in [3.05, 3.63) is 71.3 Å². The zero-order chi connectivity index (χ0) is 20.2. The third-order valence-electron chi connectivity index (χ3n) is 4.34. The van der Waals surface area contributed by atoms with E-state index < -0.39 is 0 Å². The summed E-state index contributed by atoms with van der Waals surface area (Å²) < 4.78 is 5.58. The normalized spacial score (nSPS) is 12.3. The van der Waals surface area contributed by atoms with Crippen molar-refractivity contribution < 1.29 is 9.53 Å². The summed E-state index contributed by atoms with van der Waals surface area (Å²) in [4.78, 5) is 16.4. The second-order valence-electron chi connectivity index (χ2n) is 6.31. The van der Waals surface area contributed by atoms with Crippen LogP contribution in [-0.2, 0) is 11.2 Å². The lowest BCUT2D eigenvalue weighted by atomic mass is 10.1. The van der Waals surface area contributed by atoms with Gasteiger partial charge in [0.2, 0.25) is 0 Å². The SMILES string of the molecule is CCNC(=NCC(OC)c1ccccc1)NCCc1cccc(C(=O)NC)c1. The maximum absolute atomic E-state index is 11.8. The Morgan fingerprint density at radius 2 is 1.89 bits per heavy atom. The van der Waals surface area contributed by atoms with Crippen molar-refractivity contribution in [3.63, 3.8) is 0 Å². The van der Waals surface area contributed by atoms with Crippen LogP contribution in [0.4, 0.5) is 0 Å². The Balaban J connectivity index is 1.93. The second-order valence-corrected chi connectivity index (χ2v) is 6.31. The predicted molar refractivity (Wildman–Crippen MR) is 114 cm³/mol. The van der Waals surface area contributed by atoms with E-state index in [0.29, 0.717) is 18.7 Å². The topological polar surface area (TPSA) is 74.8 Å². The van der Waals surface area contributed by atoms with Gasteiger partial charge in [-0.1, -0.05) is 42.5 Å². The van der Waals surface area contributed by atoms with Gasteiger partial charge in [0.1, 0.15) is 6.10 Å². The first-order valence-corrected chi connectivity index (χ1v) is 9.58. The van der Waals surface area contributed by atoms with Crippen molar-refractivity contribution >= 4 is 11.9 Å². The Morgan fingerprint density at radius 1 is 1.11 bits per heavy atom. The molecule has 2 rings (SSSR count). The lowest BCUT2D eigenvalue weighted by Crippen LogP contribution is -2.38. The summed E-state index contributed by atoms with van der Waals surface area (Å²) in [5.41, 5.74) is 2.88. The van der Waals surface area contributed by atoms with Gasteiger partial charge in [-0.3, -0.25) is 9.79 Å². The number of hydrogen-bond donors (Lipinski definition) is 3. The molecule has 0 saturated heterocycles. The van der Waals surface area contributed by atoms with Gasteiger partial charge in [0.25, 0.3) is 5.91 Å². The summed E-state index contributed by atoms with van der Waals surface area (Å²) in [7, 11) is 3.34. The van der Waals surface area contributed by atoms with Gasteiger partial charge < -0.3 is 20.7 Å². The molecule has 0 saturated carbocycles. The lowest BCUT2D eigenvalue weighted by Gasteiger charge is -2.16. The van der Waals surface area contributed by atoms with Crippen LogP contribution in [0.1, 0.15) is 34.5 Å². The Bertz CT molecular complexity index is 762. The Morgan fingerprint density at radius 3 is 2.57 bits per heavy atom. The third-order valence-corrected chi connectivity index (χ3v) is 4.34. The number of aliphatic imine (C=N–C) groups is 1. The number of carbonyl (C=O) groups is 1. The molecule has 0 radical (unpaired) electrons. The molecule has 1 amide bonds. The fourth-order valence-electron chi connectivity index (χ4n) is 2.84. The van der Waals surface area contributed by atoms with Crippen LogP contribution in [0.5, 0.6) is 0 Å². The molecule has 0 spiro atoms. The summed E-state index contributed by atoms with van der Waals surface area (Å²) in [6, 6.07) is 17.7. The average Bonchev–Trinajstić information content (AvgIpc) is 2.74. The van der Waals surface area contributed by atoms with Gasteiger partial charge in [0.15, 0.2) is 5.96 Å². The van der Waals surface area contributed by atoms with Crippen LogP contribution >= 0.6 is 0 Å². The van der Waals surface area contributed by atoms with E-state index in [1.165, 1.54) is 0 Å². The summed E-state index contributed by atoms with van der Waals surface area (Å²) in [6.45, 7) is 4.06. The predicted octanol–water partition coefficient (Wildman–Crippen LogP) is 2.53. The molecule has 0 aromatic heterocycles. The van der Waals surface area contributed by atoms with Crippen LogP contribution in [0.2, 0.25) is 0 Å². The molecule has 3 N–H and O–H groups in total. The van der Waals surface area contributed by atoms with Crippen LogP contribution in [0.25, 0.3) is 0 Å². The summed E-state index contributed by atoms with van der Waals surface area (Å²) >= 11 is 0. The smallest absolute Gasteiger partial charge is 0.251 e. The maximum Gasteiger partial charge on any atom is 0.251 e. The van der Waals surface area contributed by atoms with Gasteiger partial charge in [-0.05, 0) is 36.6 Å². The van der Waals surface area contributed by atoms with Crippen LogP contribution in [0.15, 0.2) is 59.6 Å². The first-order valence-electron chi connectivity index (χ1n) is 9.58. The largest absolute Gasteiger partial charge is 0.375 e. The Hall–Kier alpha value is -2.86. The molecular formula is C22H30N4O2. The van der Waals surface area contributed by atoms with Gasteiger partial charge in [0, 0.05) is 32.8 Å². The van der Waals surface area contributed by atoms with E-state index in [1.54, 1.807) is 14.2 Å². The molecular weight excluding hydrogens is 352 g/mol. The van der Waals surface area contributed by atoms with Crippen molar-refractivity contribution in [1.29, 1.82) is 0 Å². The van der Waals surface area contributed by atoms with E-state index in [1.807, 2.05) is 61.5 Å². The van der Waals surface area contributed by atoms with Gasteiger partial charge in [-0.25, -0.2) is 0 Å². The number of methoxy groups -OCH3 is 1. The third kappa shape index (κ3) is 6.70. The number of carbonyl (C=O) groups excluding carboxylic acids is 1. The number of nitrogens with one attached hydrogen (secondary N) is 3. The molecule has 0 heterocycles. The summed E-state index contributed by atoms with van der Waals surface area (Å²) in [5.74, 6) is 0.680. The molecule has 28 heavy (non-hydrogen) atoms. The molecule has 0 aliphatic carbocycles. The van der Waals surface area contributed by atoms with Crippen LogP contribution < -0.4 is 16.0 Å². The summed E-state index contributed by atoms with van der Waals surface area (Å²) in [5, 5.41) is 9.25. The van der Waals surface area contributed by atoms with E-state index in [0.717, 1.165) is 30.1 Å². The van der Waals surface area contributed by atoms with Crippen molar-refractivity contribution in [1.82, 2.24) is 16.0 Å². The molecule has 2 aromatic carbocycles. The van der Waals surface area contributed by atoms with Crippen molar-refractivity contribution in [2.75, 3.05) is 33.8 Å². The zero-order valence-electron chi connectivity index (χ0n) is 16.9. The van der Waals surface area contributed by atoms with E-state index >= 15 is 0 Å². The van der Waals surface area contributed by atoms with Gasteiger partial charge >= 0.3 is 0 Å². The lowest BCUT2D eigenvalue weighted by molar-refractivity contribution is 0.0963. The Kier molecular flexibility index (Phi) is 9.01. The van der Waals surface area contributed by atoms with Crippen LogP contribution in [0, 0.1) is 0 Å². The minimum atomic E-state index is -0.0825. The number of rotatable bonds is 9. The van der Waals surface area contributed by atoms with E-state index in [9.17, 15) is 4.79 Å². The van der Waals surface area contributed by atoms with Crippen LogP contribution in [0.3, 0.4) is 0 Å². The minimum Gasteiger partial charge on any atom is -0.375 e. The number of guanidine groups is 1. The molecule has 150 valence electrons. The summed E-state index contributed by atoms with van der Waals surface area (Å²) in [6.07, 6.45) is 0.711. The molecule has 2 aromatic rings. The van der Waals surface area contributed by atoms with Gasteiger partial charge in [-0.15, -0.1) is 0 Å². The number of benzene rings is 2. The number of hydrogen-bond acceptors (Lipinski definition) is 3. The Labute approximate surface area is 167 Å². The molecule has 6 heteroatoms. The van der Waals surface area contributed by atoms with E-state index in [4.69, 9.17) is 4.74 Å². The minimum absolute atomic E-state index is 0.0729. The first-order chi connectivity index (χ1) is 13.7. The molecule has 0 aliphatic heterocycles. The highest BCUT2D eigenvalue weighted by molar-refractivity contribution is 5.94. The average molecular weight is 383 g/mol. The van der Waals surface area contributed by atoms with Crippen molar-refractivity contribution in [2.45, 2.75) is 19.4 Å². The van der Waals surface area contributed by atoms with Gasteiger partial charge in [-0.2, -0.15) is 0 Å². The molecule has 6 nitrogen and oxygen atoms in total. The van der Waals surface area contributed by atoms with E-state index in [-0.39, 0.29) is 12.0 Å². The fourth-order valence-corrected chi connectivity index (χ4v) is 2.84. The molecule has 0 fully saturated rings. The highest BCUT2D eigenvalue weighted by atomic mass is 16.5. The van der Waals surface area contributed by atoms with Crippen LogP contribution in [-0.4, -0.2) is 45.7 Å². The van der Waals surface area contributed by atoms with E-state index in [2.05, 4.69) is 20.9 Å². The van der Waals surface area contributed by atoms with Crippen molar-refractivity contribution in [3.8, 4) is 0 Å². The van der Waals surface area contributed by atoms with Gasteiger partial charge in [0.05, 0.1) is 6.54 Å². The standard InChI is InChI=1S/C22H30N4O2/c1-4-24-22(26-16-20(28-3)18-10-6-5-7-11-18)25-14-13-17-9-8-12-19(15-17)21(27)23-2/h5-12,15,20H,4,13-14,16H2,1-3H3,(H,23,27)(H2,24,25,26). The zero-order valence-corrected chi connectivity index (χ0v) is 16.9. The molecule has 0 bridgehead atoms. The first kappa shape index (κ1) is 21.4. The number of amides is 1. The molecule has 0 aliphatic rings. The molecule has 1 unspecified atom stereocenters. The highest BCUT2D eigenvalue weighted by Crippen LogP contribution is 2.16. The quantitative estimate of drug-likeness (QED) is 0.460. The fraction of sp³-hybridized carbons (Fsp3) is 0.364. The highest BCUT2D eigenvalue weighted by Gasteiger charge is 2.10. The number of ether oxygens (including phenoxy) is 1. The number of nitrogens with zero attached hydrogens (tertiary/aromatic N) is 1. The van der Waals surface area contributed by atoms with Crippen molar-refractivity contribution in [2.24, 2.45) is 4.99 Å². The maximum atomic E-state index is 11.8. The molecule has 1 atom stereocenters.